The quantitative estimate of drug-likeness (QED) is 0.799. The van der Waals surface area contributed by atoms with Gasteiger partial charge in [0.05, 0.1) is 18.5 Å². The maximum Gasteiger partial charge on any atom is 0.419 e. The van der Waals surface area contributed by atoms with Crippen LogP contribution in [0.15, 0.2) is 27.4 Å². The second kappa shape index (κ2) is 5.27. The molecule has 6 heteroatoms. The Hall–Kier alpha value is -1.75. The molecule has 0 radical (unpaired) electrons. The van der Waals surface area contributed by atoms with E-state index in [0.717, 1.165) is 0 Å². The number of hydrogen-bond acceptors (Lipinski definition) is 4. The van der Waals surface area contributed by atoms with E-state index in [-0.39, 0.29) is 18.9 Å². The van der Waals surface area contributed by atoms with E-state index in [4.69, 9.17) is 20.8 Å². The highest BCUT2D eigenvalue weighted by molar-refractivity contribution is 6.31. The van der Waals surface area contributed by atoms with Crippen LogP contribution in [0, 0.1) is 0 Å². The summed E-state index contributed by atoms with van der Waals surface area (Å²) in [5, 5.41) is 0.494. The highest BCUT2D eigenvalue weighted by Crippen LogP contribution is 2.18. The van der Waals surface area contributed by atoms with Crippen LogP contribution in [0.4, 0.5) is 0 Å². The number of aryl methyl sites for hydroxylation is 1. The molecule has 18 heavy (non-hydrogen) atoms. The normalized spacial score (nSPS) is 10.8. The Balaban J connectivity index is 2.25. The average Bonchev–Trinajstić information content (AvgIpc) is 2.61. The van der Waals surface area contributed by atoms with Crippen LogP contribution in [0.5, 0.6) is 0 Å². The summed E-state index contributed by atoms with van der Waals surface area (Å²) >= 11 is 5.80. The van der Waals surface area contributed by atoms with E-state index in [2.05, 4.69) is 0 Å². The molecule has 2 rings (SSSR count). The standard InChI is InChI=1S/C12H12ClNO4/c1-2-17-11(15)5-6-14-9-4-3-8(13)7-10(9)18-12(14)16/h3-4,7H,2,5-6H2,1H3. The molecule has 0 saturated heterocycles. The van der Waals surface area contributed by atoms with Crippen LogP contribution in [0.2, 0.25) is 5.02 Å². The predicted molar refractivity (Wildman–Crippen MR) is 66.7 cm³/mol. The molecule has 1 aromatic carbocycles. The molecule has 0 aliphatic carbocycles. The van der Waals surface area contributed by atoms with E-state index in [1.807, 2.05) is 0 Å². The summed E-state index contributed by atoms with van der Waals surface area (Å²) in [5.41, 5.74) is 1.03. The van der Waals surface area contributed by atoms with Gasteiger partial charge in [-0.1, -0.05) is 11.6 Å². The van der Waals surface area contributed by atoms with Crippen molar-refractivity contribution in [2.24, 2.45) is 0 Å². The molecule has 0 atom stereocenters. The van der Waals surface area contributed by atoms with Crippen molar-refractivity contribution in [1.29, 1.82) is 0 Å². The maximum atomic E-state index is 11.6. The average molecular weight is 270 g/mol. The summed E-state index contributed by atoms with van der Waals surface area (Å²) < 4.78 is 11.2. The fourth-order valence-corrected chi connectivity index (χ4v) is 1.85. The number of oxazole rings is 1. The number of nitrogens with zero attached hydrogens (tertiary/aromatic N) is 1. The van der Waals surface area contributed by atoms with Crippen LogP contribution in [0.3, 0.4) is 0 Å². The number of fused-ring (bicyclic) bond motifs is 1. The molecule has 2 aromatic rings. The lowest BCUT2D eigenvalue weighted by atomic mass is 10.3. The predicted octanol–water partition coefficient (Wildman–Crippen LogP) is 2.20. The van der Waals surface area contributed by atoms with Crippen LogP contribution in [-0.4, -0.2) is 17.1 Å². The monoisotopic (exact) mass is 269 g/mol. The molecule has 0 spiro atoms. The molecule has 1 heterocycles. The first-order valence-electron chi connectivity index (χ1n) is 5.56. The van der Waals surface area contributed by atoms with Crippen LogP contribution in [0.1, 0.15) is 13.3 Å². The summed E-state index contributed by atoms with van der Waals surface area (Å²) in [6.07, 6.45) is 0.130. The van der Waals surface area contributed by atoms with Crippen LogP contribution < -0.4 is 5.76 Å². The number of carbonyl (C=O) groups is 1. The van der Waals surface area contributed by atoms with Gasteiger partial charge in [-0.2, -0.15) is 0 Å². The molecule has 0 aliphatic heterocycles. The van der Waals surface area contributed by atoms with Gasteiger partial charge in [-0.05, 0) is 19.1 Å². The minimum absolute atomic E-state index is 0.130. The first kappa shape index (κ1) is 12.7. The fraction of sp³-hybridized carbons (Fsp3) is 0.333. The Labute approximate surface area is 108 Å². The van der Waals surface area contributed by atoms with Gasteiger partial charge < -0.3 is 9.15 Å². The molecule has 0 aliphatic rings. The Morgan fingerprint density at radius 1 is 1.50 bits per heavy atom. The van der Waals surface area contributed by atoms with Crippen LogP contribution >= 0.6 is 11.6 Å². The van der Waals surface area contributed by atoms with E-state index in [9.17, 15) is 9.59 Å². The minimum Gasteiger partial charge on any atom is -0.466 e. The summed E-state index contributed by atoms with van der Waals surface area (Å²) in [4.78, 5) is 22.9. The molecule has 0 amide bonds. The molecular weight excluding hydrogens is 258 g/mol. The van der Waals surface area contributed by atoms with Gasteiger partial charge in [0.1, 0.15) is 0 Å². The third kappa shape index (κ3) is 2.56. The molecule has 0 fully saturated rings. The minimum atomic E-state index is -0.503. The molecule has 0 N–H and O–H groups in total. The first-order chi connectivity index (χ1) is 8.61. The number of halogens is 1. The number of ether oxygens (including phenoxy) is 1. The van der Waals surface area contributed by atoms with Crippen molar-refractivity contribution < 1.29 is 13.9 Å². The van der Waals surface area contributed by atoms with Crippen molar-refractivity contribution >= 4 is 28.7 Å². The summed E-state index contributed by atoms with van der Waals surface area (Å²) in [5.74, 6) is -0.843. The first-order valence-corrected chi connectivity index (χ1v) is 5.94. The summed E-state index contributed by atoms with van der Waals surface area (Å²) in [6.45, 7) is 2.29. The smallest absolute Gasteiger partial charge is 0.419 e. The Bertz CT molecular complexity index is 629. The number of benzene rings is 1. The Morgan fingerprint density at radius 3 is 3.00 bits per heavy atom. The van der Waals surface area contributed by atoms with E-state index in [1.54, 1.807) is 25.1 Å². The third-order valence-electron chi connectivity index (χ3n) is 2.48. The maximum absolute atomic E-state index is 11.6. The van der Waals surface area contributed by atoms with Gasteiger partial charge in [0.15, 0.2) is 5.58 Å². The van der Waals surface area contributed by atoms with Gasteiger partial charge in [-0.15, -0.1) is 0 Å². The molecule has 5 nitrogen and oxygen atoms in total. The molecule has 0 unspecified atom stereocenters. The van der Waals surface area contributed by atoms with Gasteiger partial charge >= 0.3 is 11.7 Å². The topological polar surface area (TPSA) is 61.4 Å². The lowest BCUT2D eigenvalue weighted by Gasteiger charge is -2.02. The second-order valence-electron chi connectivity index (χ2n) is 3.69. The van der Waals surface area contributed by atoms with Gasteiger partial charge in [-0.3, -0.25) is 9.36 Å². The number of aromatic nitrogens is 1. The molecule has 0 bridgehead atoms. The SMILES string of the molecule is CCOC(=O)CCn1c(=O)oc2cc(Cl)ccc21. The van der Waals surface area contributed by atoms with Crippen molar-refractivity contribution in [3.63, 3.8) is 0 Å². The lowest BCUT2D eigenvalue weighted by Crippen LogP contribution is -2.17. The zero-order valence-corrected chi connectivity index (χ0v) is 10.6. The van der Waals surface area contributed by atoms with Crippen molar-refractivity contribution in [1.82, 2.24) is 4.57 Å². The molecule has 1 aromatic heterocycles. The fourth-order valence-electron chi connectivity index (χ4n) is 1.69. The number of rotatable bonds is 4. The molecule has 96 valence electrons. The molecule has 0 saturated carbocycles. The highest BCUT2D eigenvalue weighted by Gasteiger charge is 2.11. The van der Waals surface area contributed by atoms with E-state index >= 15 is 0 Å². The van der Waals surface area contributed by atoms with Crippen LogP contribution in [0.25, 0.3) is 11.1 Å². The van der Waals surface area contributed by atoms with Gasteiger partial charge in [0.2, 0.25) is 0 Å². The summed E-state index contributed by atoms with van der Waals surface area (Å²) in [7, 11) is 0. The second-order valence-corrected chi connectivity index (χ2v) is 4.12. The summed E-state index contributed by atoms with van der Waals surface area (Å²) in [6, 6.07) is 4.92. The number of carbonyl (C=O) groups excluding carboxylic acids is 1. The van der Waals surface area contributed by atoms with Crippen molar-refractivity contribution in [3.8, 4) is 0 Å². The largest absolute Gasteiger partial charge is 0.466 e. The third-order valence-corrected chi connectivity index (χ3v) is 2.71. The van der Waals surface area contributed by atoms with Crippen molar-refractivity contribution in [2.45, 2.75) is 19.9 Å². The van der Waals surface area contributed by atoms with E-state index in [0.29, 0.717) is 22.7 Å². The highest BCUT2D eigenvalue weighted by atomic mass is 35.5. The van der Waals surface area contributed by atoms with Gasteiger partial charge in [0.25, 0.3) is 0 Å². The van der Waals surface area contributed by atoms with Crippen molar-refractivity contribution in [3.05, 3.63) is 33.8 Å². The molecular formula is C12H12ClNO4. The van der Waals surface area contributed by atoms with Crippen molar-refractivity contribution in [2.75, 3.05) is 6.61 Å². The lowest BCUT2D eigenvalue weighted by molar-refractivity contribution is -0.143. The van der Waals surface area contributed by atoms with Gasteiger partial charge in [0, 0.05) is 17.6 Å². The number of hydrogen-bond donors (Lipinski definition) is 0. The van der Waals surface area contributed by atoms with Gasteiger partial charge in [-0.25, -0.2) is 4.79 Å². The Morgan fingerprint density at radius 2 is 2.28 bits per heavy atom. The zero-order valence-electron chi connectivity index (χ0n) is 9.81. The Kier molecular flexibility index (Phi) is 3.72. The van der Waals surface area contributed by atoms with E-state index < -0.39 is 5.76 Å². The zero-order chi connectivity index (χ0) is 13.1. The van der Waals surface area contributed by atoms with Crippen LogP contribution in [-0.2, 0) is 16.1 Å². The van der Waals surface area contributed by atoms with E-state index in [1.165, 1.54) is 4.57 Å². The number of esters is 1.